The number of halogens is 1. The van der Waals surface area contributed by atoms with Gasteiger partial charge in [0.1, 0.15) is 11.9 Å². The normalized spacial score (nSPS) is 19.3. The van der Waals surface area contributed by atoms with E-state index in [0.29, 0.717) is 30.7 Å². The van der Waals surface area contributed by atoms with Crippen LogP contribution in [0, 0.1) is 18.8 Å². The van der Waals surface area contributed by atoms with Gasteiger partial charge in [-0.15, -0.1) is 0 Å². The van der Waals surface area contributed by atoms with Crippen molar-refractivity contribution in [2.75, 3.05) is 26.7 Å². The molecule has 0 spiro atoms. The number of carboxylic acids is 1. The van der Waals surface area contributed by atoms with Crippen molar-refractivity contribution in [3.8, 4) is 5.75 Å². The van der Waals surface area contributed by atoms with E-state index in [1.165, 1.54) is 11.1 Å². The number of carbonyl (C=O) groups is 1. The Morgan fingerprint density at radius 3 is 2.86 bits per heavy atom. The number of aryl methyl sites for hydroxylation is 2. The molecule has 0 radical (unpaired) electrons. The van der Waals surface area contributed by atoms with Gasteiger partial charge in [0, 0.05) is 18.1 Å². The van der Waals surface area contributed by atoms with Gasteiger partial charge in [-0.05, 0) is 99.8 Å². The van der Waals surface area contributed by atoms with Crippen molar-refractivity contribution in [1.29, 1.82) is 0 Å². The van der Waals surface area contributed by atoms with Gasteiger partial charge in [0.05, 0.1) is 18.5 Å². The predicted molar refractivity (Wildman–Crippen MR) is 141 cm³/mol. The Hall–Kier alpha value is -2.99. The van der Waals surface area contributed by atoms with Crippen LogP contribution in [0.1, 0.15) is 55.0 Å². The second-order valence-corrected chi connectivity index (χ2v) is 10.1. The number of fused-ring (bicyclic) bond motifs is 1. The zero-order valence-electron chi connectivity index (χ0n) is 21.3. The molecule has 1 aliphatic rings. The van der Waals surface area contributed by atoms with Crippen LogP contribution >= 0.6 is 0 Å². The van der Waals surface area contributed by atoms with E-state index in [2.05, 4.69) is 41.1 Å². The van der Waals surface area contributed by atoms with Crippen LogP contribution in [-0.4, -0.2) is 47.7 Å². The molecule has 4 rings (SSSR count). The maximum absolute atomic E-state index is 15.4. The van der Waals surface area contributed by atoms with E-state index in [1.54, 1.807) is 19.4 Å². The number of likely N-dealkylation sites (tertiary alicyclic amines) is 1. The quantitative estimate of drug-likeness (QED) is 0.314. The number of piperidine rings is 1. The van der Waals surface area contributed by atoms with Gasteiger partial charge in [0.15, 0.2) is 0 Å². The van der Waals surface area contributed by atoms with E-state index in [1.807, 2.05) is 18.2 Å². The zero-order chi connectivity index (χ0) is 25.5. The first-order valence-electron chi connectivity index (χ1n) is 13.0. The minimum Gasteiger partial charge on any atom is -0.497 e. The molecule has 1 N–H and O–H groups in total. The molecule has 0 aliphatic carbocycles. The van der Waals surface area contributed by atoms with Crippen molar-refractivity contribution in [2.24, 2.45) is 11.8 Å². The van der Waals surface area contributed by atoms with Crippen molar-refractivity contribution in [1.82, 2.24) is 9.88 Å². The van der Waals surface area contributed by atoms with Crippen LogP contribution in [0.4, 0.5) is 4.39 Å². The second-order valence-electron chi connectivity index (χ2n) is 10.1. The molecule has 1 fully saturated rings. The third-order valence-electron chi connectivity index (χ3n) is 7.54. The number of pyridine rings is 1. The molecule has 1 saturated heterocycles. The van der Waals surface area contributed by atoms with Gasteiger partial charge < -0.3 is 14.7 Å². The Labute approximate surface area is 213 Å². The fraction of sp³-hybridized carbons (Fsp3) is 0.467. The van der Waals surface area contributed by atoms with Crippen molar-refractivity contribution in [3.63, 3.8) is 0 Å². The van der Waals surface area contributed by atoms with Crippen molar-refractivity contribution >= 4 is 16.9 Å². The summed E-state index contributed by atoms with van der Waals surface area (Å²) < 4.78 is 20.7. The number of carboxylic acid groups (broad SMARTS) is 1. The molecule has 3 aromatic rings. The number of rotatable bonds is 11. The number of methoxy groups -OCH3 is 1. The van der Waals surface area contributed by atoms with E-state index >= 15 is 4.39 Å². The Morgan fingerprint density at radius 2 is 2.08 bits per heavy atom. The third kappa shape index (κ3) is 6.61. The van der Waals surface area contributed by atoms with Crippen LogP contribution in [0.5, 0.6) is 5.75 Å². The number of nitrogens with zero attached hydrogens (tertiary/aromatic N) is 2. The lowest BCUT2D eigenvalue weighted by Crippen LogP contribution is -2.44. The summed E-state index contributed by atoms with van der Waals surface area (Å²) in [5, 5.41) is 10.7. The van der Waals surface area contributed by atoms with Crippen LogP contribution < -0.4 is 4.74 Å². The number of hydrogen-bond acceptors (Lipinski definition) is 4. The fourth-order valence-corrected chi connectivity index (χ4v) is 5.49. The molecule has 6 heteroatoms. The molecule has 0 unspecified atom stereocenters. The van der Waals surface area contributed by atoms with Crippen molar-refractivity contribution in [3.05, 3.63) is 71.4 Å². The molecular formula is C30H37FN2O3. The van der Waals surface area contributed by atoms with Crippen LogP contribution in [-0.2, 0) is 11.2 Å². The number of benzene rings is 2. The smallest absolute Gasteiger partial charge is 0.308 e. The minimum atomic E-state index is -1.17. The standard InChI is InChI=1S/C30H37FN2O3/c1-21-6-5-8-22(18-21)7-3-4-16-33-17-14-23(27(20-33)30(34)35)9-11-28(31)25-13-15-32-29-12-10-24(36-2)19-26(25)29/h5-6,8,10,12-13,15,18-19,23,27-28H,3-4,7,9,11,14,16-17,20H2,1-2H3,(H,34,35)/t23-,27+,28-/m1/s1. The summed E-state index contributed by atoms with van der Waals surface area (Å²) in [7, 11) is 1.59. The van der Waals surface area contributed by atoms with Gasteiger partial charge in [-0.3, -0.25) is 9.78 Å². The Bertz CT molecular complexity index is 1170. The molecule has 0 bridgehead atoms. The van der Waals surface area contributed by atoms with Crippen LogP contribution in [0.25, 0.3) is 10.9 Å². The number of aliphatic carboxylic acids is 1. The van der Waals surface area contributed by atoms with E-state index in [0.717, 1.165) is 49.7 Å². The molecular weight excluding hydrogens is 455 g/mol. The topological polar surface area (TPSA) is 62.7 Å². The lowest BCUT2D eigenvalue weighted by atomic mass is 9.81. The van der Waals surface area contributed by atoms with Crippen LogP contribution in [0.15, 0.2) is 54.7 Å². The summed E-state index contributed by atoms with van der Waals surface area (Å²) >= 11 is 0. The van der Waals surface area contributed by atoms with E-state index in [4.69, 9.17) is 4.74 Å². The fourth-order valence-electron chi connectivity index (χ4n) is 5.49. The third-order valence-corrected chi connectivity index (χ3v) is 7.54. The number of alkyl halides is 1. The summed E-state index contributed by atoms with van der Waals surface area (Å²) in [6.07, 6.45) is 5.32. The molecule has 1 aliphatic heterocycles. The van der Waals surface area contributed by atoms with Crippen LogP contribution in [0.2, 0.25) is 0 Å². The summed E-state index contributed by atoms with van der Waals surface area (Å²) in [5.41, 5.74) is 3.97. The number of aromatic nitrogens is 1. The number of ether oxygens (including phenoxy) is 1. The highest BCUT2D eigenvalue weighted by atomic mass is 19.1. The first-order valence-corrected chi connectivity index (χ1v) is 13.0. The van der Waals surface area contributed by atoms with Crippen molar-refractivity contribution in [2.45, 2.75) is 51.6 Å². The van der Waals surface area contributed by atoms with E-state index in [9.17, 15) is 9.90 Å². The molecule has 0 saturated carbocycles. The molecule has 3 atom stereocenters. The molecule has 5 nitrogen and oxygen atoms in total. The van der Waals surface area contributed by atoms with Gasteiger partial charge in [0.2, 0.25) is 0 Å². The first kappa shape index (κ1) is 26.1. The second kappa shape index (κ2) is 12.3. The SMILES string of the molecule is COc1ccc2nccc([C@H](F)CC[C@@H]3CCN(CCCCc4cccc(C)c4)C[C@@H]3C(=O)O)c2c1. The highest BCUT2D eigenvalue weighted by molar-refractivity contribution is 5.83. The van der Waals surface area contributed by atoms with Crippen LogP contribution in [0.3, 0.4) is 0 Å². The van der Waals surface area contributed by atoms with Gasteiger partial charge >= 0.3 is 5.97 Å². The van der Waals surface area contributed by atoms with Gasteiger partial charge in [0.25, 0.3) is 0 Å². The molecule has 2 aromatic carbocycles. The summed E-state index contributed by atoms with van der Waals surface area (Å²) in [6, 6.07) is 15.8. The van der Waals surface area contributed by atoms with Gasteiger partial charge in [-0.1, -0.05) is 29.8 Å². The number of hydrogen-bond donors (Lipinski definition) is 1. The largest absolute Gasteiger partial charge is 0.497 e. The van der Waals surface area contributed by atoms with Crippen molar-refractivity contribution < 1.29 is 19.0 Å². The van der Waals surface area contributed by atoms with Gasteiger partial charge in [-0.25, -0.2) is 4.39 Å². The average Bonchev–Trinajstić information content (AvgIpc) is 2.89. The average molecular weight is 493 g/mol. The molecule has 2 heterocycles. The van der Waals surface area contributed by atoms with Gasteiger partial charge in [-0.2, -0.15) is 0 Å². The number of unbranched alkanes of at least 4 members (excludes halogenated alkanes) is 1. The monoisotopic (exact) mass is 492 g/mol. The lowest BCUT2D eigenvalue weighted by molar-refractivity contribution is -0.146. The molecule has 36 heavy (non-hydrogen) atoms. The highest BCUT2D eigenvalue weighted by Crippen LogP contribution is 2.35. The summed E-state index contributed by atoms with van der Waals surface area (Å²) in [4.78, 5) is 18.7. The summed E-state index contributed by atoms with van der Waals surface area (Å²) in [6.45, 7) is 4.46. The Morgan fingerprint density at radius 1 is 1.22 bits per heavy atom. The maximum Gasteiger partial charge on any atom is 0.308 e. The zero-order valence-corrected chi connectivity index (χ0v) is 21.3. The maximum atomic E-state index is 15.4. The predicted octanol–water partition coefficient (Wildman–Crippen LogP) is 6.39. The van der Waals surface area contributed by atoms with E-state index < -0.39 is 18.1 Å². The Balaban J connectivity index is 1.29. The van der Waals surface area contributed by atoms with E-state index in [-0.39, 0.29) is 5.92 Å². The minimum absolute atomic E-state index is 0.00747. The first-order chi connectivity index (χ1) is 17.4. The molecule has 192 valence electrons. The highest BCUT2D eigenvalue weighted by Gasteiger charge is 2.34. The Kier molecular flexibility index (Phi) is 8.92. The molecule has 0 amide bonds. The summed E-state index contributed by atoms with van der Waals surface area (Å²) in [5.74, 6) is -0.552. The lowest BCUT2D eigenvalue weighted by Gasteiger charge is -2.37. The molecule has 1 aromatic heterocycles.